The number of carbonyl (C=O) groups is 2. The van der Waals surface area contributed by atoms with Gasteiger partial charge in [0.15, 0.2) is 5.76 Å². The maximum absolute atomic E-state index is 13.1. The topological polar surface area (TPSA) is 69.0 Å². The largest absolute Gasteiger partial charge is 0.465 e. The van der Waals surface area contributed by atoms with E-state index >= 15 is 0 Å². The third kappa shape index (κ3) is 3.71. The Kier molecular flexibility index (Phi) is 4.85. The molecule has 0 saturated carbocycles. The highest BCUT2D eigenvalue weighted by molar-refractivity contribution is 5.96. The van der Waals surface area contributed by atoms with Gasteiger partial charge in [0.25, 0.3) is 5.91 Å². The second-order valence-electron chi connectivity index (χ2n) is 5.89. The standard InChI is InChI=1S/C18H18FNO5/c1-11-8-20(9-16(25-11)12-3-5-14(19)6-4-12)17(21)15-7-13(10-24-15)18(22)23-2/h3-7,10-11,16H,8-9H2,1-2H3/t11-,16-/m0/s1. The van der Waals surface area contributed by atoms with Gasteiger partial charge in [-0.1, -0.05) is 12.1 Å². The van der Waals surface area contributed by atoms with Crippen molar-refractivity contribution in [1.29, 1.82) is 0 Å². The Bertz CT molecular complexity index is 770. The zero-order chi connectivity index (χ0) is 18.0. The lowest BCUT2D eigenvalue weighted by Crippen LogP contribution is -2.45. The molecule has 0 unspecified atom stereocenters. The van der Waals surface area contributed by atoms with Gasteiger partial charge in [-0.2, -0.15) is 0 Å². The van der Waals surface area contributed by atoms with Crippen molar-refractivity contribution < 1.29 is 27.9 Å². The monoisotopic (exact) mass is 347 g/mol. The fraction of sp³-hybridized carbons (Fsp3) is 0.333. The zero-order valence-corrected chi connectivity index (χ0v) is 13.9. The minimum Gasteiger partial charge on any atom is -0.465 e. The van der Waals surface area contributed by atoms with Crippen LogP contribution in [-0.4, -0.2) is 43.1 Å². The zero-order valence-electron chi connectivity index (χ0n) is 13.9. The lowest BCUT2D eigenvalue weighted by Gasteiger charge is -2.36. The number of nitrogens with zero attached hydrogens (tertiary/aromatic N) is 1. The van der Waals surface area contributed by atoms with Crippen LogP contribution in [0.3, 0.4) is 0 Å². The van der Waals surface area contributed by atoms with E-state index in [1.54, 1.807) is 17.0 Å². The Morgan fingerprint density at radius 2 is 1.96 bits per heavy atom. The molecule has 1 aliphatic rings. The minimum absolute atomic E-state index is 0.0624. The van der Waals surface area contributed by atoms with Gasteiger partial charge in [-0.15, -0.1) is 0 Å². The van der Waals surface area contributed by atoms with Gasteiger partial charge in [0.2, 0.25) is 0 Å². The summed E-state index contributed by atoms with van der Waals surface area (Å²) >= 11 is 0. The predicted molar refractivity (Wildman–Crippen MR) is 85.6 cm³/mol. The first-order valence-electron chi connectivity index (χ1n) is 7.85. The molecule has 0 radical (unpaired) electrons. The summed E-state index contributed by atoms with van der Waals surface area (Å²) in [6, 6.07) is 7.37. The van der Waals surface area contributed by atoms with E-state index in [9.17, 15) is 14.0 Å². The molecule has 1 saturated heterocycles. The second kappa shape index (κ2) is 7.06. The van der Waals surface area contributed by atoms with Gasteiger partial charge >= 0.3 is 5.97 Å². The Hall–Kier alpha value is -2.67. The number of esters is 1. The van der Waals surface area contributed by atoms with Crippen molar-refractivity contribution in [3.05, 3.63) is 59.3 Å². The number of hydrogen-bond donors (Lipinski definition) is 0. The van der Waals surface area contributed by atoms with Gasteiger partial charge < -0.3 is 18.8 Å². The smallest absolute Gasteiger partial charge is 0.341 e. The number of halogens is 1. The molecule has 0 spiro atoms. The molecule has 1 aliphatic heterocycles. The number of amides is 1. The highest BCUT2D eigenvalue weighted by Crippen LogP contribution is 2.26. The van der Waals surface area contributed by atoms with Crippen molar-refractivity contribution >= 4 is 11.9 Å². The van der Waals surface area contributed by atoms with Crippen molar-refractivity contribution in [3.63, 3.8) is 0 Å². The predicted octanol–water partition coefficient (Wildman–Crippen LogP) is 2.81. The molecule has 2 heterocycles. The summed E-state index contributed by atoms with van der Waals surface area (Å²) in [5.41, 5.74) is 0.975. The SMILES string of the molecule is COC(=O)c1coc(C(=O)N2C[C@@H](c3ccc(F)cc3)O[C@@H](C)C2)c1. The van der Waals surface area contributed by atoms with Crippen LogP contribution in [0.4, 0.5) is 4.39 Å². The third-order valence-corrected chi connectivity index (χ3v) is 4.02. The first-order chi connectivity index (χ1) is 12.0. The molecule has 0 N–H and O–H groups in total. The summed E-state index contributed by atoms with van der Waals surface area (Å²) < 4.78 is 28.8. The Morgan fingerprint density at radius 1 is 1.24 bits per heavy atom. The van der Waals surface area contributed by atoms with E-state index < -0.39 is 5.97 Å². The average molecular weight is 347 g/mol. The molecule has 3 rings (SSSR count). The van der Waals surface area contributed by atoms with E-state index in [2.05, 4.69) is 4.74 Å². The van der Waals surface area contributed by atoms with E-state index in [0.29, 0.717) is 13.1 Å². The van der Waals surface area contributed by atoms with Crippen molar-refractivity contribution in [2.75, 3.05) is 20.2 Å². The van der Waals surface area contributed by atoms with Crippen LogP contribution in [0, 0.1) is 5.82 Å². The van der Waals surface area contributed by atoms with Crippen LogP contribution >= 0.6 is 0 Å². The van der Waals surface area contributed by atoms with Gasteiger partial charge in [0.05, 0.1) is 25.3 Å². The maximum atomic E-state index is 13.1. The highest BCUT2D eigenvalue weighted by atomic mass is 19.1. The molecule has 7 heteroatoms. The maximum Gasteiger partial charge on any atom is 0.341 e. The van der Waals surface area contributed by atoms with E-state index in [4.69, 9.17) is 9.15 Å². The minimum atomic E-state index is -0.567. The molecule has 0 bridgehead atoms. The Morgan fingerprint density at radius 3 is 2.64 bits per heavy atom. The van der Waals surface area contributed by atoms with Crippen molar-refractivity contribution in [2.24, 2.45) is 0 Å². The second-order valence-corrected chi connectivity index (χ2v) is 5.89. The number of methoxy groups -OCH3 is 1. The molecule has 1 aromatic carbocycles. The molecule has 6 nitrogen and oxygen atoms in total. The van der Waals surface area contributed by atoms with Crippen LogP contribution < -0.4 is 0 Å². The molecular weight excluding hydrogens is 329 g/mol. The molecule has 1 aromatic heterocycles. The summed E-state index contributed by atoms with van der Waals surface area (Å²) in [7, 11) is 1.26. The number of ether oxygens (including phenoxy) is 2. The van der Waals surface area contributed by atoms with Crippen LogP contribution in [0.2, 0.25) is 0 Å². The van der Waals surface area contributed by atoms with Gasteiger partial charge in [0.1, 0.15) is 18.2 Å². The summed E-state index contributed by atoms with van der Waals surface area (Å²) in [6.07, 6.45) is 0.645. The van der Waals surface area contributed by atoms with Crippen LogP contribution in [0.15, 0.2) is 41.0 Å². The van der Waals surface area contributed by atoms with Crippen molar-refractivity contribution in [3.8, 4) is 0 Å². The number of hydrogen-bond acceptors (Lipinski definition) is 5. The molecule has 0 aliphatic carbocycles. The van der Waals surface area contributed by atoms with E-state index in [1.165, 1.54) is 31.6 Å². The number of carbonyl (C=O) groups excluding carboxylic acids is 2. The molecule has 2 atom stereocenters. The van der Waals surface area contributed by atoms with Crippen molar-refractivity contribution in [2.45, 2.75) is 19.1 Å². The lowest BCUT2D eigenvalue weighted by atomic mass is 10.1. The molecule has 25 heavy (non-hydrogen) atoms. The van der Waals surface area contributed by atoms with Gasteiger partial charge in [-0.3, -0.25) is 4.79 Å². The number of benzene rings is 1. The molecule has 132 valence electrons. The van der Waals surface area contributed by atoms with Crippen LogP contribution in [0.1, 0.15) is 39.5 Å². The van der Waals surface area contributed by atoms with Crippen LogP contribution in [-0.2, 0) is 9.47 Å². The summed E-state index contributed by atoms with van der Waals surface area (Å²) in [4.78, 5) is 25.7. The molecule has 1 amide bonds. The lowest BCUT2D eigenvalue weighted by molar-refractivity contribution is -0.0697. The molecular formula is C18H18FNO5. The number of morpholine rings is 1. The fourth-order valence-corrected chi connectivity index (χ4v) is 2.81. The first-order valence-corrected chi connectivity index (χ1v) is 7.85. The van der Waals surface area contributed by atoms with Gasteiger partial charge in [-0.25, -0.2) is 9.18 Å². The third-order valence-electron chi connectivity index (χ3n) is 4.02. The molecule has 1 fully saturated rings. The summed E-state index contributed by atoms with van der Waals surface area (Å²) in [6.45, 7) is 2.56. The van der Waals surface area contributed by atoms with Crippen LogP contribution in [0.25, 0.3) is 0 Å². The number of rotatable bonds is 3. The Labute approximate surface area is 144 Å². The normalized spacial score (nSPS) is 20.4. The molecule has 2 aromatic rings. The average Bonchev–Trinajstić information content (AvgIpc) is 3.10. The van der Waals surface area contributed by atoms with E-state index in [0.717, 1.165) is 5.56 Å². The van der Waals surface area contributed by atoms with Gasteiger partial charge in [-0.05, 0) is 24.6 Å². The fourth-order valence-electron chi connectivity index (χ4n) is 2.81. The number of furan rings is 1. The van der Waals surface area contributed by atoms with Crippen molar-refractivity contribution in [1.82, 2.24) is 4.90 Å². The summed E-state index contributed by atoms with van der Waals surface area (Å²) in [5, 5.41) is 0. The highest BCUT2D eigenvalue weighted by Gasteiger charge is 2.31. The Balaban J connectivity index is 1.76. The van der Waals surface area contributed by atoms with Crippen LogP contribution in [0.5, 0.6) is 0 Å². The van der Waals surface area contributed by atoms with Gasteiger partial charge in [0, 0.05) is 12.6 Å². The van der Waals surface area contributed by atoms with E-state index in [1.807, 2.05) is 6.92 Å². The quantitative estimate of drug-likeness (QED) is 0.799. The first kappa shape index (κ1) is 17.2. The summed E-state index contributed by atoms with van der Waals surface area (Å²) in [5.74, 6) is -1.17. The van der Waals surface area contributed by atoms with E-state index in [-0.39, 0.29) is 35.3 Å².